The molecule has 0 unspecified atom stereocenters. The van der Waals surface area contributed by atoms with Crippen LogP contribution >= 0.6 is 0 Å². The summed E-state index contributed by atoms with van der Waals surface area (Å²) in [4.78, 5) is 23.3. The number of aryl methyl sites for hydroxylation is 1. The summed E-state index contributed by atoms with van der Waals surface area (Å²) in [5.41, 5.74) is 11.2. The molecule has 186 valence electrons. The number of fused-ring (bicyclic) bond motifs is 2. The molecule has 3 heterocycles. The zero-order chi connectivity index (χ0) is 25.4. The number of hydrogen-bond acceptors (Lipinski definition) is 5. The fourth-order valence-electron chi connectivity index (χ4n) is 4.73. The number of carbonyl (C=O) groups excluding carboxylic acids is 1. The van der Waals surface area contributed by atoms with E-state index < -0.39 is 6.36 Å². The normalized spacial score (nSPS) is 13.3. The van der Waals surface area contributed by atoms with Crippen LogP contribution in [0.4, 0.5) is 24.7 Å². The number of nitrogens with zero attached hydrogens (tertiary/aromatic N) is 4. The van der Waals surface area contributed by atoms with E-state index in [1.165, 1.54) is 24.5 Å². The summed E-state index contributed by atoms with van der Waals surface area (Å²) in [7, 11) is 0. The van der Waals surface area contributed by atoms with Crippen LogP contribution < -0.4 is 15.4 Å². The lowest BCUT2D eigenvalue weighted by Crippen LogP contribution is -2.30. The lowest BCUT2D eigenvalue weighted by molar-refractivity contribution is -0.274. The quantitative estimate of drug-likeness (QED) is 0.401. The van der Waals surface area contributed by atoms with E-state index >= 15 is 0 Å². The molecular weight excluding hydrogens is 471 g/mol. The first-order chi connectivity index (χ1) is 17.2. The Morgan fingerprint density at radius 1 is 1.17 bits per heavy atom. The number of anilines is 2. The van der Waals surface area contributed by atoms with Gasteiger partial charge >= 0.3 is 6.36 Å². The molecule has 0 fully saturated rings. The van der Waals surface area contributed by atoms with Crippen molar-refractivity contribution in [2.24, 2.45) is 0 Å². The number of aromatic nitrogens is 3. The van der Waals surface area contributed by atoms with Gasteiger partial charge in [0.25, 0.3) is 0 Å². The summed E-state index contributed by atoms with van der Waals surface area (Å²) in [5, 5.41) is 0.804. The van der Waals surface area contributed by atoms with Gasteiger partial charge in [0, 0.05) is 30.5 Å². The van der Waals surface area contributed by atoms with Crippen LogP contribution in [0.15, 0.2) is 55.0 Å². The molecule has 0 aliphatic carbocycles. The fraction of sp³-hybridized carbons (Fsp3) is 0.269. The average molecular weight is 496 g/mol. The average Bonchev–Trinajstić information content (AvgIpc) is 3.41. The molecule has 2 N–H and O–H groups in total. The van der Waals surface area contributed by atoms with Gasteiger partial charge in [0.2, 0.25) is 5.91 Å². The lowest BCUT2D eigenvalue weighted by atomic mass is 10.0. The minimum Gasteiger partial charge on any atom is -0.406 e. The molecule has 36 heavy (non-hydrogen) atoms. The van der Waals surface area contributed by atoms with E-state index in [0.717, 1.165) is 46.4 Å². The minimum absolute atomic E-state index is 0.0331. The molecule has 0 saturated heterocycles. The van der Waals surface area contributed by atoms with E-state index in [2.05, 4.69) is 32.3 Å². The molecule has 0 spiro atoms. The van der Waals surface area contributed by atoms with Crippen molar-refractivity contribution in [2.45, 2.75) is 39.1 Å². The zero-order valence-electron chi connectivity index (χ0n) is 19.5. The first-order valence-electron chi connectivity index (χ1n) is 11.6. The van der Waals surface area contributed by atoms with Crippen LogP contribution in [0.25, 0.3) is 22.2 Å². The standard InChI is InChI=1S/C26H24F3N5O2/c1-2-9-33-14-20(23-24(30)31-15-32-25(23)33)17-6-7-21-18(13-17)8-10-34(21)22(35)12-16-4-3-5-19(11-16)36-26(27,28)29/h3-7,11,13-15H,2,8-10,12H2,1H3,(H2,30,31,32). The second-order valence-electron chi connectivity index (χ2n) is 8.70. The molecule has 4 aromatic rings. The number of halogens is 3. The monoisotopic (exact) mass is 495 g/mol. The van der Waals surface area contributed by atoms with Crippen molar-refractivity contribution in [1.29, 1.82) is 0 Å². The number of carbonyl (C=O) groups is 1. The van der Waals surface area contributed by atoms with Crippen LogP contribution in [0.3, 0.4) is 0 Å². The van der Waals surface area contributed by atoms with Gasteiger partial charge in [-0.2, -0.15) is 0 Å². The summed E-state index contributed by atoms with van der Waals surface area (Å²) in [6.45, 7) is 3.39. The Balaban J connectivity index is 1.40. The van der Waals surface area contributed by atoms with Crippen LogP contribution in [0, 0.1) is 0 Å². The largest absolute Gasteiger partial charge is 0.573 e. The first-order valence-corrected chi connectivity index (χ1v) is 11.6. The number of nitrogen functional groups attached to an aromatic ring is 1. The number of alkyl halides is 3. The summed E-state index contributed by atoms with van der Waals surface area (Å²) in [5.74, 6) is -0.119. The Morgan fingerprint density at radius 3 is 2.78 bits per heavy atom. The van der Waals surface area contributed by atoms with E-state index in [4.69, 9.17) is 5.73 Å². The third-order valence-electron chi connectivity index (χ3n) is 6.22. The van der Waals surface area contributed by atoms with Crippen molar-refractivity contribution in [3.05, 3.63) is 66.1 Å². The van der Waals surface area contributed by atoms with Crippen molar-refractivity contribution in [2.75, 3.05) is 17.2 Å². The number of ether oxygens (including phenoxy) is 1. The fourth-order valence-corrected chi connectivity index (χ4v) is 4.73. The Bertz CT molecular complexity index is 1450. The van der Waals surface area contributed by atoms with Crippen molar-refractivity contribution in [1.82, 2.24) is 14.5 Å². The maximum atomic E-state index is 13.1. The molecule has 0 saturated carbocycles. The van der Waals surface area contributed by atoms with Gasteiger partial charge in [-0.3, -0.25) is 4.79 Å². The maximum Gasteiger partial charge on any atom is 0.573 e. The van der Waals surface area contributed by atoms with Gasteiger partial charge in [0.1, 0.15) is 23.5 Å². The molecule has 0 radical (unpaired) electrons. The highest BCUT2D eigenvalue weighted by molar-refractivity contribution is 6.02. The van der Waals surface area contributed by atoms with Gasteiger partial charge in [0.05, 0.1) is 11.8 Å². The molecule has 10 heteroatoms. The number of benzene rings is 2. The second kappa shape index (κ2) is 9.18. The van der Waals surface area contributed by atoms with Crippen molar-refractivity contribution >= 4 is 28.4 Å². The van der Waals surface area contributed by atoms with Gasteiger partial charge in [-0.25, -0.2) is 9.97 Å². The molecule has 1 aliphatic heterocycles. The van der Waals surface area contributed by atoms with E-state index in [1.54, 1.807) is 11.0 Å². The van der Waals surface area contributed by atoms with Gasteiger partial charge in [-0.1, -0.05) is 25.1 Å². The zero-order valence-corrected chi connectivity index (χ0v) is 19.5. The summed E-state index contributed by atoms with van der Waals surface area (Å²) < 4.78 is 43.7. The van der Waals surface area contributed by atoms with Crippen LogP contribution in [-0.2, 0) is 24.2 Å². The smallest absolute Gasteiger partial charge is 0.406 e. The topological polar surface area (TPSA) is 86.3 Å². The highest BCUT2D eigenvalue weighted by Crippen LogP contribution is 2.37. The van der Waals surface area contributed by atoms with Crippen molar-refractivity contribution < 1.29 is 22.7 Å². The molecular formula is C26H24F3N5O2. The van der Waals surface area contributed by atoms with Crippen LogP contribution in [-0.4, -0.2) is 33.3 Å². The Labute approximate surface area is 205 Å². The molecule has 1 aliphatic rings. The molecule has 2 aromatic carbocycles. The molecule has 5 rings (SSSR count). The summed E-state index contributed by atoms with van der Waals surface area (Å²) >= 11 is 0. The van der Waals surface area contributed by atoms with Gasteiger partial charge in [-0.15, -0.1) is 13.2 Å². The Morgan fingerprint density at radius 2 is 2.00 bits per heavy atom. The molecule has 2 aromatic heterocycles. The molecule has 0 atom stereocenters. The van der Waals surface area contributed by atoms with Gasteiger partial charge in [-0.05, 0) is 53.8 Å². The van der Waals surface area contributed by atoms with Crippen LogP contribution in [0.2, 0.25) is 0 Å². The maximum absolute atomic E-state index is 13.1. The molecule has 0 bridgehead atoms. The second-order valence-corrected chi connectivity index (χ2v) is 8.70. The third-order valence-corrected chi connectivity index (χ3v) is 6.22. The predicted molar refractivity (Wildman–Crippen MR) is 131 cm³/mol. The van der Waals surface area contributed by atoms with E-state index in [0.29, 0.717) is 24.3 Å². The lowest BCUT2D eigenvalue weighted by Gasteiger charge is -2.18. The van der Waals surface area contributed by atoms with Gasteiger partial charge in [0.15, 0.2) is 0 Å². The van der Waals surface area contributed by atoms with Crippen molar-refractivity contribution in [3.8, 4) is 16.9 Å². The van der Waals surface area contributed by atoms with E-state index in [9.17, 15) is 18.0 Å². The van der Waals surface area contributed by atoms with Crippen molar-refractivity contribution in [3.63, 3.8) is 0 Å². The number of nitrogens with two attached hydrogens (primary N) is 1. The summed E-state index contributed by atoms with van der Waals surface area (Å²) in [6.07, 6.45) is 0.299. The first kappa shape index (κ1) is 23.7. The molecule has 1 amide bonds. The predicted octanol–water partition coefficient (Wildman–Crippen LogP) is 5.12. The Kier molecular flexibility index (Phi) is 6.03. The van der Waals surface area contributed by atoms with Crippen LogP contribution in [0.1, 0.15) is 24.5 Å². The number of amides is 1. The summed E-state index contributed by atoms with van der Waals surface area (Å²) in [6, 6.07) is 11.4. The number of hydrogen-bond donors (Lipinski definition) is 1. The van der Waals surface area contributed by atoms with E-state index in [1.807, 2.05) is 18.3 Å². The van der Waals surface area contributed by atoms with Crippen LogP contribution in [0.5, 0.6) is 5.75 Å². The Hall–Kier alpha value is -4.08. The third kappa shape index (κ3) is 4.58. The SMILES string of the molecule is CCCn1cc(-c2ccc3c(c2)CCN3C(=O)Cc2cccc(OC(F)(F)F)c2)c2c(N)ncnc21. The highest BCUT2D eigenvalue weighted by atomic mass is 19.4. The molecule has 7 nitrogen and oxygen atoms in total. The van der Waals surface area contributed by atoms with Gasteiger partial charge < -0.3 is 19.9 Å². The highest BCUT2D eigenvalue weighted by Gasteiger charge is 2.31. The van der Waals surface area contributed by atoms with E-state index in [-0.39, 0.29) is 18.1 Å². The minimum atomic E-state index is -4.78. The number of rotatable bonds is 6.